The molecule has 0 radical (unpaired) electrons. The van der Waals surface area contributed by atoms with Crippen molar-refractivity contribution in [3.8, 4) is 0 Å². The third-order valence-electron chi connectivity index (χ3n) is 5.00. The van der Waals surface area contributed by atoms with Crippen LogP contribution in [0, 0.1) is 19.8 Å². The van der Waals surface area contributed by atoms with Gasteiger partial charge in [-0.1, -0.05) is 11.8 Å². The van der Waals surface area contributed by atoms with E-state index in [1.807, 2.05) is 25.0 Å². The van der Waals surface area contributed by atoms with Gasteiger partial charge >= 0.3 is 0 Å². The molecular weight excluding hydrogens is 324 g/mol. The molecule has 3 rings (SSSR count). The topological polar surface area (TPSA) is 67.4 Å². The molecule has 2 atom stereocenters. The first-order valence-corrected chi connectivity index (χ1v) is 9.83. The Morgan fingerprint density at radius 2 is 2.00 bits per heavy atom. The van der Waals surface area contributed by atoms with Crippen LogP contribution < -0.4 is 5.32 Å². The lowest BCUT2D eigenvalue weighted by Gasteiger charge is -2.29. The molecule has 0 bridgehead atoms. The van der Waals surface area contributed by atoms with Crippen LogP contribution in [0.4, 0.5) is 5.82 Å². The van der Waals surface area contributed by atoms with Gasteiger partial charge in [-0.2, -0.15) is 0 Å². The van der Waals surface area contributed by atoms with Crippen LogP contribution in [0.3, 0.4) is 0 Å². The van der Waals surface area contributed by atoms with E-state index in [0.717, 1.165) is 54.6 Å². The molecule has 0 aromatic carbocycles. The Hall–Kier alpha value is -1.34. The van der Waals surface area contributed by atoms with Gasteiger partial charge in [0.1, 0.15) is 5.82 Å². The van der Waals surface area contributed by atoms with Crippen LogP contribution >= 0.6 is 11.8 Å². The van der Waals surface area contributed by atoms with Gasteiger partial charge in [-0.15, -0.1) is 0 Å². The average Bonchev–Trinajstić information content (AvgIpc) is 3.07. The van der Waals surface area contributed by atoms with Crippen LogP contribution in [0.5, 0.6) is 0 Å². The molecule has 0 unspecified atom stereocenters. The van der Waals surface area contributed by atoms with Crippen molar-refractivity contribution in [3.63, 3.8) is 0 Å². The van der Waals surface area contributed by atoms with Gasteiger partial charge in [0.2, 0.25) is 5.91 Å². The fourth-order valence-corrected chi connectivity index (χ4v) is 3.82. The van der Waals surface area contributed by atoms with E-state index in [0.29, 0.717) is 25.2 Å². The molecule has 0 spiro atoms. The molecule has 1 aliphatic heterocycles. The van der Waals surface area contributed by atoms with Crippen molar-refractivity contribution in [2.45, 2.75) is 44.3 Å². The minimum Gasteiger partial charge on any atom is -0.378 e. The van der Waals surface area contributed by atoms with Gasteiger partial charge in [-0.05, 0) is 39.4 Å². The predicted molar refractivity (Wildman–Crippen MR) is 95.4 cm³/mol. The number of amides is 1. The quantitative estimate of drug-likeness (QED) is 0.664. The lowest BCUT2D eigenvalue weighted by atomic mass is 10.1. The second kappa shape index (κ2) is 7.70. The molecule has 2 heterocycles. The van der Waals surface area contributed by atoms with Crippen molar-refractivity contribution in [1.29, 1.82) is 0 Å². The summed E-state index contributed by atoms with van der Waals surface area (Å²) in [5.74, 6) is 1.34. The molecule has 1 N–H and O–H groups in total. The summed E-state index contributed by atoms with van der Waals surface area (Å²) in [6.45, 7) is 6.85. The Kier molecular flexibility index (Phi) is 5.61. The minimum absolute atomic E-state index is 0.129. The minimum atomic E-state index is 0.129. The third-order valence-corrected chi connectivity index (χ3v) is 5.54. The highest BCUT2D eigenvalue weighted by molar-refractivity contribution is 7.98. The van der Waals surface area contributed by atoms with Crippen molar-refractivity contribution in [3.05, 3.63) is 11.3 Å². The molecule has 2 fully saturated rings. The maximum atomic E-state index is 12.6. The van der Waals surface area contributed by atoms with E-state index in [4.69, 9.17) is 4.74 Å². The largest absolute Gasteiger partial charge is 0.378 e. The SMILES string of the molecule is CSc1nc(C)c(C)c(N[C@H]2CC[C@@H](C(=O)N3CCOCC3)C2)n1. The standard InChI is InChI=1S/C17H26N4O2S/c1-11-12(2)18-17(24-3)20-15(11)19-14-5-4-13(10-14)16(22)21-6-8-23-9-7-21/h13-14H,4-10H2,1-3H3,(H,18,19,20)/t13-,14+/m1/s1. The highest BCUT2D eigenvalue weighted by atomic mass is 32.2. The van der Waals surface area contributed by atoms with E-state index in [-0.39, 0.29) is 5.92 Å². The fourth-order valence-electron chi connectivity index (χ4n) is 3.41. The van der Waals surface area contributed by atoms with Crippen LogP contribution in [0.1, 0.15) is 30.5 Å². The molecular formula is C17H26N4O2S. The molecule has 24 heavy (non-hydrogen) atoms. The monoisotopic (exact) mass is 350 g/mol. The number of carbonyl (C=O) groups excluding carboxylic acids is 1. The second-order valence-corrected chi connectivity index (χ2v) is 7.33. The molecule has 2 aliphatic rings. The van der Waals surface area contributed by atoms with E-state index in [1.165, 1.54) is 0 Å². The van der Waals surface area contributed by atoms with E-state index < -0.39 is 0 Å². The highest BCUT2D eigenvalue weighted by Crippen LogP contribution is 2.31. The lowest BCUT2D eigenvalue weighted by Crippen LogP contribution is -2.43. The first-order valence-electron chi connectivity index (χ1n) is 8.60. The van der Waals surface area contributed by atoms with Gasteiger partial charge in [0.15, 0.2) is 5.16 Å². The van der Waals surface area contributed by atoms with E-state index >= 15 is 0 Å². The zero-order valence-electron chi connectivity index (χ0n) is 14.7. The van der Waals surface area contributed by atoms with Gasteiger partial charge in [0.05, 0.1) is 13.2 Å². The molecule has 1 saturated heterocycles. The summed E-state index contributed by atoms with van der Waals surface area (Å²) >= 11 is 1.55. The summed E-state index contributed by atoms with van der Waals surface area (Å²) in [6, 6.07) is 0.308. The maximum Gasteiger partial charge on any atom is 0.225 e. The number of thioether (sulfide) groups is 1. The van der Waals surface area contributed by atoms with Crippen molar-refractivity contribution in [1.82, 2.24) is 14.9 Å². The molecule has 1 aliphatic carbocycles. The first-order chi connectivity index (χ1) is 11.6. The number of morpholine rings is 1. The number of rotatable bonds is 4. The van der Waals surface area contributed by atoms with Gasteiger partial charge in [-0.3, -0.25) is 4.79 Å². The van der Waals surface area contributed by atoms with Crippen LogP contribution in [0.2, 0.25) is 0 Å². The molecule has 1 aromatic heterocycles. The van der Waals surface area contributed by atoms with E-state index in [1.54, 1.807) is 11.8 Å². The van der Waals surface area contributed by atoms with Crippen LogP contribution in [-0.2, 0) is 9.53 Å². The predicted octanol–water partition coefficient (Wildman–Crippen LogP) is 2.25. The Morgan fingerprint density at radius 3 is 2.71 bits per heavy atom. The Labute approximate surface area is 147 Å². The normalized spacial score (nSPS) is 24.2. The van der Waals surface area contributed by atoms with Gasteiger partial charge < -0.3 is 15.0 Å². The fraction of sp³-hybridized carbons (Fsp3) is 0.706. The summed E-state index contributed by atoms with van der Waals surface area (Å²) in [7, 11) is 0. The van der Waals surface area contributed by atoms with Crippen molar-refractivity contribution < 1.29 is 9.53 Å². The van der Waals surface area contributed by atoms with Crippen molar-refractivity contribution >= 4 is 23.5 Å². The number of ether oxygens (including phenoxy) is 1. The zero-order valence-corrected chi connectivity index (χ0v) is 15.5. The number of anilines is 1. The first kappa shape index (κ1) is 17.5. The zero-order chi connectivity index (χ0) is 17.1. The highest BCUT2D eigenvalue weighted by Gasteiger charge is 2.33. The number of nitrogens with zero attached hydrogens (tertiary/aromatic N) is 3. The second-order valence-electron chi connectivity index (χ2n) is 6.56. The molecule has 132 valence electrons. The number of carbonyl (C=O) groups is 1. The Morgan fingerprint density at radius 1 is 1.25 bits per heavy atom. The molecule has 1 saturated carbocycles. The summed E-state index contributed by atoms with van der Waals surface area (Å²) in [4.78, 5) is 23.7. The Bertz CT molecular complexity index is 604. The average molecular weight is 350 g/mol. The lowest BCUT2D eigenvalue weighted by molar-refractivity contribution is -0.139. The van der Waals surface area contributed by atoms with Gasteiger partial charge in [0, 0.05) is 36.3 Å². The summed E-state index contributed by atoms with van der Waals surface area (Å²) in [6.07, 6.45) is 4.83. The van der Waals surface area contributed by atoms with E-state index in [9.17, 15) is 4.79 Å². The third kappa shape index (κ3) is 3.83. The maximum absolute atomic E-state index is 12.6. The van der Waals surface area contributed by atoms with Crippen molar-refractivity contribution in [2.75, 3.05) is 37.9 Å². The van der Waals surface area contributed by atoms with Crippen LogP contribution in [-0.4, -0.2) is 59.4 Å². The summed E-state index contributed by atoms with van der Waals surface area (Å²) in [5, 5.41) is 4.34. The molecule has 1 amide bonds. The summed E-state index contributed by atoms with van der Waals surface area (Å²) < 4.78 is 5.34. The number of hydrogen-bond acceptors (Lipinski definition) is 6. The number of hydrogen-bond donors (Lipinski definition) is 1. The van der Waals surface area contributed by atoms with E-state index in [2.05, 4.69) is 15.3 Å². The molecule has 1 aromatic rings. The molecule has 7 heteroatoms. The van der Waals surface area contributed by atoms with Gasteiger partial charge in [0.25, 0.3) is 0 Å². The van der Waals surface area contributed by atoms with Crippen LogP contribution in [0.15, 0.2) is 5.16 Å². The summed E-state index contributed by atoms with van der Waals surface area (Å²) in [5.41, 5.74) is 2.10. The smallest absolute Gasteiger partial charge is 0.225 e. The van der Waals surface area contributed by atoms with Crippen molar-refractivity contribution in [2.24, 2.45) is 5.92 Å². The number of aromatic nitrogens is 2. The Balaban J connectivity index is 1.62. The van der Waals surface area contributed by atoms with Gasteiger partial charge in [-0.25, -0.2) is 9.97 Å². The molecule has 6 nitrogen and oxygen atoms in total. The van der Waals surface area contributed by atoms with Crippen LogP contribution in [0.25, 0.3) is 0 Å². The number of nitrogens with one attached hydrogen (secondary N) is 1. The number of aryl methyl sites for hydroxylation is 1.